The van der Waals surface area contributed by atoms with Gasteiger partial charge in [0.25, 0.3) is 0 Å². The zero-order valence-electron chi connectivity index (χ0n) is 11.4. The van der Waals surface area contributed by atoms with Gasteiger partial charge in [-0.05, 0) is 25.5 Å². The molecule has 0 amide bonds. The number of ketones is 1. The van der Waals surface area contributed by atoms with Gasteiger partial charge >= 0.3 is 0 Å². The highest BCUT2D eigenvalue weighted by Crippen LogP contribution is 2.23. The minimum Gasteiger partial charge on any atom is -0.360 e. The highest BCUT2D eigenvalue weighted by Gasteiger charge is 2.13. The Balaban J connectivity index is 2.37. The molecule has 96 valence electrons. The largest absolute Gasteiger partial charge is 0.360 e. The lowest BCUT2D eigenvalue weighted by Crippen LogP contribution is -2.29. The third-order valence-electron chi connectivity index (χ3n) is 3.10. The van der Waals surface area contributed by atoms with Gasteiger partial charge in [-0.1, -0.05) is 25.5 Å². The third-order valence-corrected chi connectivity index (χ3v) is 3.10. The van der Waals surface area contributed by atoms with Crippen molar-refractivity contribution in [3.8, 4) is 0 Å². The highest BCUT2D eigenvalue weighted by molar-refractivity contribution is 6.09. The van der Waals surface area contributed by atoms with E-state index in [1.54, 1.807) is 0 Å². The van der Waals surface area contributed by atoms with Crippen molar-refractivity contribution < 1.29 is 4.79 Å². The molecule has 1 aromatic heterocycles. The molecule has 0 radical (unpaired) electrons. The number of carbonyl (C=O) groups excluding carboxylic acids is 1. The minimum absolute atomic E-state index is 0.139. The van der Waals surface area contributed by atoms with Gasteiger partial charge in [0, 0.05) is 28.7 Å². The quantitative estimate of drug-likeness (QED) is 0.812. The summed E-state index contributed by atoms with van der Waals surface area (Å²) in [7, 11) is 0. The number of benzene rings is 1. The molecule has 2 aromatic rings. The first-order valence-electron chi connectivity index (χ1n) is 6.34. The number of hydrogen-bond donors (Lipinski definition) is 2. The molecule has 0 bridgehead atoms. The van der Waals surface area contributed by atoms with E-state index in [1.807, 2.05) is 20.0 Å². The summed E-state index contributed by atoms with van der Waals surface area (Å²) in [5.41, 5.74) is 4.21. The molecule has 1 aromatic carbocycles. The molecule has 0 atom stereocenters. The van der Waals surface area contributed by atoms with Crippen LogP contribution in [0.1, 0.15) is 35.3 Å². The summed E-state index contributed by atoms with van der Waals surface area (Å²) >= 11 is 0. The first-order chi connectivity index (χ1) is 8.49. The number of nitrogens with one attached hydrogen (secondary N) is 2. The summed E-state index contributed by atoms with van der Waals surface area (Å²) in [5, 5.41) is 4.19. The predicted octanol–water partition coefficient (Wildman–Crippen LogP) is 2.97. The molecule has 18 heavy (non-hydrogen) atoms. The van der Waals surface area contributed by atoms with Crippen molar-refractivity contribution in [3.63, 3.8) is 0 Å². The van der Waals surface area contributed by atoms with Crippen molar-refractivity contribution in [1.82, 2.24) is 10.3 Å². The molecule has 0 unspecified atom stereocenters. The number of aromatic amines is 1. The van der Waals surface area contributed by atoms with E-state index in [0.29, 0.717) is 12.6 Å². The van der Waals surface area contributed by atoms with E-state index < -0.39 is 0 Å². The topological polar surface area (TPSA) is 44.9 Å². The Bertz CT molecular complexity index is 581. The molecular weight excluding hydrogens is 224 g/mol. The zero-order valence-corrected chi connectivity index (χ0v) is 11.4. The van der Waals surface area contributed by atoms with Crippen LogP contribution < -0.4 is 5.32 Å². The van der Waals surface area contributed by atoms with Gasteiger partial charge in [-0.3, -0.25) is 4.79 Å². The number of aryl methyl sites for hydroxylation is 2. The molecule has 0 saturated heterocycles. The maximum Gasteiger partial charge on any atom is 0.178 e. The average molecular weight is 244 g/mol. The second-order valence-corrected chi connectivity index (χ2v) is 5.17. The lowest BCUT2D eigenvalue weighted by Gasteiger charge is -2.06. The van der Waals surface area contributed by atoms with Crippen LogP contribution in [0.4, 0.5) is 0 Å². The molecule has 2 rings (SSSR count). The monoisotopic (exact) mass is 244 g/mol. The van der Waals surface area contributed by atoms with Crippen LogP contribution in [0.5, 0.6) is 0 Å². The highest BCUT2D eigenvalue weighted by atomic mass is 16.1. The summed E-state index contributed by atoms with van der Waals surface area (Å²) in [6.07, 6.45) is 1.82. The van der Waals surface area contributed by atoms with Crippen molar-refractivity contribution in [2.45, 2.75) is 33.7 Å². The van der Waals surface area contributed by atoms with E-state index in [2.05, 4.69) is 36.3 Å². The van der Waals surface area contributed by atoms with Gasteiger partial charge in [-0.25, -0.2) is 0 Å². The van der Waals surface area contributed by atoms with Gasteiger partial charge in [-0.15, -0.1) is 0 Å². The van der Waals surface area contributed by atoms with Crippen LogP contribution in [-0.4, -0.2) is 23.4 Å². The molecule has 0 spiro atoms. The van der Waals surface area contributed by atoms with E-state index in [0.717, 1.165) is 16.5 Å². The number of fused-ring (bicyclic) bond motifs is 1. The number of carbonyl (C=O) groups is 1. The lowest BCUT2D eigenvalue weighted by atomic mass is 10.0. The third kappa shape index (κ3) is 2.46. The molecule has 1 heterocycles. The van der Waals surface area contributed by atoms with Crippen LogP contribution in [0, 0.1) is 13.8 Å². The standard InChI is InChI=1S/C15H20N2O/c1-9(2)16-8-14(18)13-7-17-15-11(4)5-10(3)6-12(13)15/h5-7,9,16-17H,8H2,1-4H3. The van der Waals surface area contributed by atoms with Crippen LogP contribution in [0.15, 0.2) is 18.3 Å². The molecule has 0 aliphatic rings. The predicted molar refractivity (Wildman–Crippen MR) is 75.2 cm³/mol. The first kappa shape index (κ1) is 12.8. The van der Waals surface area contributed by atoms with Crippen molar-refractivity contribution in [1.29, 1.82) is 0 Å². The van der Waals surface area contributed by atoms with Crippen LogP contribution in [0.2, 0.25) is 0 Å². The zero-order chi connectivity index (χ0) is 13.3. The summed E-state index contributed by atoms with van der Waals surface area (Å²) in [5.74, 6) is 0.139. The Kier molecular flexibility index (Phi) is 3.53. The van der Waals surface area contributed by atoms with Gasteiger partial charge in [0.1, 0.15) is 0 Å². The molecule has 0 saturated carbocycles. The first-order valence-corrected chi connectivity index (χ1v) is 6.34. The Labute approximate surface area is 108 Å². The lowest BCUT2D eigenvalue weighted by molar-refractivity contribution is 0.0990. The van der Waals surface area contributed by atoms with Gasteiger partial charge < -0.3 is 10.3 Å². The van der Waals surface area contributed by atoms with Crippen molar-refractivity contribution in [2.75, 3.05) is 6.54 Å². The Morgan fingerprint density at radius 3 is 2.72 bits per heavy atom. The van der Waals surface area contributed by atoms with Crippen LogP contribution in [0.25, 0.3) is 10.9 Å². The molecule has 0 aliphatic heterocycles. The summed E-state index contributed by atoms with van der Waals surface area (Å²) < 4.78 is 0. The molecule has 3 nitrogen and oxygen atoms in total. The SMILES string of the molecule is Cc1cc(C)c2[nH]cc(C(=O)CNC(C)C)c2c1. The molecule has 0 aliphatic carbocycles. The summed E-state index contributed by atoms with van der Waals surface area (Å²) in [4.78, 5) is 15.4. The van der Waals surface area contributed by atoms with Crippen molar-refractivity contribution in [2.24, 2.45) is 0 Å². The molecule has 3 heteroatoms. The van der Waals surface area contributed by atoms with E-state index in [-0.39, 0.29) is 5.78 Å². The number of H-pyrrole nitrogens is 1. The van der Waals surface area contributed by atoms with Crippen LogP contribution in [0.3, 0.4) is 0 Å². The molecular formula is C15H20N2O. The Hall–Kier alpha value is -1.61. The summed E-state index contributed by atoms with van der Waals surface area (Å²) in [6, 6.07) is 4.52. The Morgan fingerprint density at radius 2 is 2.06 bits per heavy atom. The van der Waals surface area contributed by atoms with Crippen molar-refractivity contribution >= 4 is 16.7 Å². The van der Waals surface area contributed by atoms with E-state index in [1.165, 1.54) is 11.1 Å². The molecule has 0 fully saturated rings. The second kappa shape index (κ2) is 4.94. The Morgan fingerprint density at radius 1 is 1.33 bits per heavy atom. The smallest absolute Gasteiger partial charge is 0.178 e. The number of rotatable bonds is 4. The molecule has 2 N–H and O–H groups in total. The van der Waals surface area contributed by atoms with Crippen LogP contribution >= 0.6 is 0 Å². The van der Waals surface area contributed by atoms with E-state index in [4.69, 9.17) is 0 Å². The maximum atomic E-state index is 12.2. The normalized spacial score (nSPS) is 11.4. The van der Waals surface area contributed by atoms with Crippen molar-refractivity contribution in [3.05, 3.63) is 35.0 Å². The van der Waals surface area contributed by atoms with Gasteiger partial charge in [0.2, 0.25) is 0 Å². The number of Topliss-reactive ketones (excluding diaryl/α,β-unsaturated/α-hetero) is 1. The fourth-order valence-corrected chi connectivity index (χ4v) is 2.22. The average Bonchev–Trinajstić information content (AvgIpc) is 2.69. The van der Waals surface area contributed by atoms with Crippen LogP contribution in [-0.2, 0) is 0 Å². The van der Waals surface area contributed by atoms with Gasteiger partial charge in [0.15, 0.2) is 5.78 Å². The van der Waals surface area contributed by atoms with Gasteiger partial charge in [0.05, 0.1) is 6.54 Å². The van der Waals surface area contributed by atoms with E-state index in [9.17, 15) is 4.79 Å². The number of hydrogen-bond acceptors (Lipinski definition) is 2. The minimum atomic E-state index is 0.139. The van der Waals surface area contributed by atoms with E-state index >= 15 is 0 Å². The fraction of sp³-hybridized carbons (Fsp3) is 0.400. The number of aromatic nitrogens is 1. The fourth-order valence-electron chi connectivity index (χ4n) is 2.22. The maximum absolute atomic E-state index is 12.2. The van der Waals surface area contributed by atoms with Gasteiger partial charge in [-0.2, -0.15) is 0 Å². The second-order valence-electron chi connectivity index (χ2n) is 5.17. The summed E-state index contributed by atoms with van der Waals surface area (Å²) in [6.45, 7) is 8.58.